The highest BCUT2D eigenvalue weighted by Gasteiger charge is 2.05. The van der Waals surface area contributed by atoms with Crippen LogP contribution in [0.1, 0.15) is 12.6 Å². The van der Waals surface area contributed by atoms with Gasteiger partial charge in [0.05, 0.1) is 24.7 Å². The molecule has 0 aliphatic carbocycles. The molecule has 3 aromatic rings. The minimum Gasteiger partial charge on any atom is -0.437 e. The number of aromatic nitrogens is 3. The van der Waals surface area contributed by atoms with Gasteiger partial charge in [0.2, 0.25) is 11.8 Å². The average molecular weight is 393 g/mol. The summed E-state index contributed by atoms with van der Waals surface area (Å²) in [7, 11) is 1.75. The number of nitrogens with zero attached hydrogens (tertiary/aromatic N) is 4. The Kier molecular flexibility index (Phi) is 6.70. The van der Waals surface area contributed by atoms with Gasteiger partial charge < -0.3 is 20.1 Å². The number of carbonyl (C=O) groups excluding carboxylic acids is 1. The maximum atomic E-state index is 11.2. The summed E-state index contributed by atoms with van der Waals surface area (Å²) < 4.78 is 5.79. The van der Waals surface area contributed by atoms with Crippen LogP contribution in [0.2, 0.25) is 0 Å². The number of pyridine rings is 1. The van der Waals surface area contributed by atoms with E-state index in [0.29, 0.717) is 36.2 Å². The first-order chi connectivity index (χ1) is 14.0. The molecule has 150 valence electrons. The summed E-state index contributed by atoms with van der Waals surface area (Å²) in [6, 6.07) is 11.3. The highest BCUT2D eigenvalue weighted by Crippen LogP contribution is 2.25. The molecule has 0 fully saturated rings. The lowest BCUT2D eigenvalue weighted by molar-refractivity contribution is -0.127. The van der Waals surface area contributed by atoms with E-state index in [1.165, 1.54) is 13.1 Å². The fourth-order valence-corrected chi connectivity index (χ4v) is 2.52. The number of aliphatic hydroxyl groups is 1. The van der Waals surface area contributed by atoms with Crippen molar-refractivity contribution in [1.29, 1.82) is 0 Å². The van der Waals surface area contributed by atoms with Crippen LogP contribution in [0.3, 0.4) is 0 Å². The lowest BCUT2D eigenvalue weighted by Gasteiger charge is -2.15. The molecule has 0 atom stereocenters. The number of amides is 1. The van der Waals surface area contributed by atoms with E-state index in [1.807, 2.05) is 30.3 Å². The fourth-order valence-electron chi connectivity index (χ4n) is 2.52. The molecule has 0 unspecified atom stereocenters. The lowest BCUT2D eigenvalue weighted by Crippen LogP contribution is -2.29. The van der Waals surface area contributed by atoms with Gasteiger partial charge in [-0.15, -0.1) is 0 Å². The molecule has 29 heavy (non-hydrogen) atoms. The number of anilines is 1. The molecule has 0 radical (unpaired) electrons. The van der Waals surface area contributed by atoms with Gasteiger partial charge in [-0.2, -0.15) is 4.98 Å². The Balaban J connectivity index is 1.60. The summed E-state index contributed by atoms with van der Waals surface area (Å²) in [6.45, 7) is 2.58. The first-order valence-corrected chi connectivity index (χ1v) is 9.17. The second kappa shape index (κ2) is 9.61. The van der Waals surface area contributed by atoms with Crippen LogP contribution in [0, 0.1) is 0 Å². The van der Waals surface area contributed by atoms with Crippen molar-refractivity contribution in [2.45, 2.75) is 13.5 Å². The summed E-state index contributed by atoms with van der Waals surface area (Å²) in [6.07, 6.45) is 4.87. The van der Waals surface area contributed by atoms with E-state index in [-0.39, 0.29) is 12.5 Å². The number of hydrogen-bond donors (Lipinski definition) is 2. The Morgan fingerprint density at radius 1 is 1.10 bits per heavy atom. The molecule has 2 aromatic heterocycles. The molecule has 0 aliphatic heterocycles. The predicted molar refractivity (Wildman–Crippen MR) is 110 cm³/mol. The predicted octanol–water partition coefficient (Wildman–Crippen LogP) is 2.71. The van der Waals surface area contributed by atoms with Crippen LogP contribution < -0.4 is 10.1 Å². The zero-order chi connectivity index (χ0) is 20.6. The smallest absolute Gasteiger partial charge is 0.239 e. The Labute approximate surface area is 169 Å². The number of hydrogen-bond acceptors (Lipinski definition) is 7. The van der Waals surface area contributed by atoms with Crippen LogP contribution in [-0.4, -0.2) is 51.0 Å². The third kappa shape index (κ3) is 5.73. The van der Waals surface area contributed by atoms with Gasteiger partial charge in [-0.1, -0.05) is 18.2 Å². The van der Waals surface area contributed by atoms with Crippen molar-refractivity contribution in [2.75, 3.05) is 25.5 Å². The van der Waals surface area contributed by atoms with Crippen LogP contribution in [0.5, 0.6) is 11.6 Å². The Morgan fingerprint density at radius 3 is 2.52 bits per heavy atom. The standard InChI is InChI=1S/C21H23N5O3/c1-15(28)26(2)10-9-23-20-12-22-13-21(25-20)29-19-7-4-16(5-8-19)17-3-6-18(14-27)24-11-17/h3-8,11-13,27H,9-10,14H2,1-2H3,(H,23,25). The van der Waals surface area contributed by atoms with E-state index in [0.717, 1.165) is 11.1 Å². The number of likely N-dealkylation sites (N-methyl/N-ethyl adjacent to an activating group) is 1. The third-order valence-corrected chi connectivity index (χ3v) is 4.30. The van der Waals surface area contributed by atoms with Gasteiger partial charge in [0.1, 0.15) is 11.6 Å². The summed E-state index contributed by atoms with van der Waals surface area (Å²) in [5, 5.41) is 12.2. The molecular weight excluding hydrogens is 370 g/mol. The van der Waals surface area contributed by atoms with Gasteiger partial charge in [0.25, 0.3) is 0 Å². The third-order valence-electron chi connectivity index (χ3n) is 4.30. The van der Waals surface area contributed by atoms with E-state index in [1.54, 1.807) is 30.4 Å². The summed E-state index contributed by atoms with van der Waals surface area (Å²) in [5.41, 5.74) is 2.58. The zero-order valence-electron chi connectivity index (χ0n) is 16.4. The first-order valence-electron chi connectivity index (χ1n) is 9.17. The SMILES string of the molecule is CC(=O)N(C)CCNc1cncc(Oc2ccc(-c3ccc(CO)nc3)cc2)n1. The summed E-state index contributed by atoms with van der Waals surface area (Å²) in [4.78, 5) is 25.5. The highest BCUT2D eigenvalue weighted by atomic mass is 16.5. The van der Waals surface area contributed by atoms with Crippen molar-refractivity contribution in [1.82, 2.24) is 19.9 Å². The van der Waals surface area contributed by atoms with E-state index in [4.69, 9.17) is 9.84 Å². The number of nitrogens with one attached hydrogen (secondary N) is 1. The second-order valence-electron chi connectivity index (χ2n) is 6.43. The average Bonchev–Trinajstić information content (AvgIpc) is 2.74. The van der Waals surface area contributed by atoms with Crippen molar-refractivity contribution in [3.05, 3.63) is 60.7 Å². The Bertz CT molecular complexity index is 945. The highest BCUT2D eigenvalue weighted by molar-refractivity contribution is 5.72. The first kappa shape index (κ1) is 20.2. The topological polar surface area (TPSA) is 100 Å². The van der Waals surface area contributed by atoms with Crippen molar-refractivity contribution < 1.29 is 14.6 Å². The summed E-state index contributed by atoms with van der Waals surface area (Å²) >= 11 is 0. The monoisotopic (exact) mass is 393 g/mol. The minimum atomic E-state index is -0.0740. The minimum absolute atomic E-state index is 0.0125. The molecule has 8 nitrogen and oxygen atoms in total. The van der Waals surface area contributed by atoms with Crippen molar-refractivity contribution in [3.63, 3.8) is 0 Å². The van der Waals surface area contributed by atoms with Gasteiger partial charge in [0.15, 0.2) is 0 Å². The van der Waals surface area contributed by atoms with Crippen LogP contribution in [0.15, 0.2) is 55.0 Å². The van der Waals surface area contributed by atoms with Crippen molar-refractivity contribution in [2.24, 2.45) is 0 Å². The molecule has 3 rings (SSSR count). The zero-order valence-corrected chi connectivity index (χ0v) is 16.4. The Hall–Kier alpha value is -3.52. The largest absolute Gasteiger partial charge is 0.437 e. The molecule has 0 saturated heterocycles. The van der Waals surface area contributed by atoms with Crippen LogP contribution in [-0.2, 0) is 11.4 Å². The van der Waals surface area contributed by atoms with Gasteiger partial charge >= 0.3 is 0 Å². The van der Waals surface area contributed by atoms with Crippen LogP contribution in [0.25, 0.3) is 11.1 Å². The van der Waals surface area contributed by atoms with Gasteiger partial charge in [0, 0.05) is 38.8 Å². The van der Waals surface area contributed by atoms with Crippen LogP contribution >= 0.6 is 0 Å². The second-order valence-corrected chi connectivity index (χ2v) is 6.43. The molecule has 0 aliphatic rings. The number of rotatable bonds is 8. The molecule has 2 heterocycles. The maximum Gasteiger partial charge on any atom is 0.239 e. The van der Waals surface area contributed by atoms with E-state index >= 15 is 0 Å². The number of ether oxygens (including phenoxy) is 1. The molecule has 0 spiro atoms. The molecular formula is C21H23N5O3. The van der Waals surface area contributed by atoms with Gasteiger partial charge in [-0.05, 0) is 23.8 Å². The fraction of sp³-hybridized carbons (Fsp3) is 0.238. The van der Waals surface area contributed by atoms with E-state index in [9.17, 15) is 4.79 Å². The molecule has 2 N–H and O–H groups in total. The van der Waals surface area contributed by atoms with Gasteiger partial charge in [-0.3, -0.25) is 14.8 Å². The van der Waals surface area contributed by atoms with Gasteiger partial charge in [-0.25, -0.2) is 0 Å². The maximum absolute atomic E-state index is 11.2. The normalized spacial score (nSPS) is 10.4. The van der Waals surface area contributed by atoms with Crippen molar-refractivity contribution >= 4 is 11.7 Å². The lowest BCUT2D eigenvalue weighted by atomic mass is 10.1. The number of carbonyl (C=O) groups is 1. The van der Waals surface area contributed by atoms with E-state index < -0.39 is 0 Å². The molecule has 0 bridgehead atoms. The quantitative estimate of drug-likeness (QED) is 0.607. The molecule has 1 aromatic carbocycles. The van der Waals surface area contributed by atoms with E-state index in [2.05, 4.69) is 20.3 Å². The molecule has 8 heteroatoms. The van der Waals surface area contributed by atoms with Crippen LogP contribution in [0.4, 0.5) is 5.82 Å². The molecule has 0 saturated carbocycles. The summed E-state index contributed by atoms with van der Waals surface area (Å²) in [5.74, 6) is 1.60. The Morgan fingerprint density at radius 2 is 1.86 bits per heavy atom. The number of benzene rings is 1. The molecule has 1 amide bonds. The van der Waals surface area contributed by atoms with Crippen molar-refractivity contribution in [3.8, 4) is 22.8 Å². The number of aliphatic hydroxyl groups excluding tert-OH is 1.